The number of phosphoric acid groups is 1. The van der Waals surface area contributed by atoms with Crippen LogP contribution < -0.4 is 13.6 Å². The van der Waals surface area contributed by atoms with Gasteiger partial charge in [0.2, 0.25) is 0 Å². The normalized spacial score (nSPS) is 11.2. The number of phosphoric ester groups is 1. The second-order valence-corrected chi connectivity index (χ2v) is 12.2. The van der Waals surface area contributed by atoms with Crippen molar-refractivity contribution in [3.8, 4) is 17.2 Å². The van der Waals surface area contributed by atoms with Crippen molar-refractivity contribution in [3.63, 3.8) is 0 Å². The Morgan fingerprint density at radius 3 is 1.03 bits per heavy atom. The van der Waals surface area contributed by atoms with Crippen molar-refractivity contribution in [2.45, 2.75) is 0 Å². The Morgan fingerprint density at radius 1 is 0.517 bits per heavy atom. The highest BCUT2D eigenvalue weighted by Gasteiger charge is 2.35. The average molecular weight is 800 g/mol. The summed E-state index contributed by atoms with van der Waals surface area (Å²) < 4.78 is 35.2. The first-order valence-corrected chi connectivity index (χ1v) is 13.9. The minimum atomic E-state index is -4.15. The van der Waals surface area contributed by atoms with E-state index < -0.39 is 7.82 Å². The standard InChI is InChI=1S/C18H9Br6O4P/c19-10-1-4-16(13(22)7-10)26-29(25,27-17-5-2-11(20)8-14(17)23)28-18-6-3-12(21)9-15(18)24/h1-9H. The number of benzene rings is 3. The van der Waals surface area contributed by atoms with E-state index >= 15 is 0 Å². The van der Waals surface area contributed by atoms with Gasteiger partial charge in [0, 0.05) is 13.4 Å². The molecule has 152 valence electrons. The lowest BCUT2D eigenvalue weighted by Gasteiger charge is -2.21. The molecule has 0 fully saturated rings. The smallest absolute Gasteiger partial charge is 0.385 e. The van der Waals surface area contributed by atoms with Gasteiger partial charge in [-0.15, -0.1) is 0 Å². The van der Waals surface area contributed by atoms with E-state index in [9.17, 15) is 4.57 Å². The summed E-state index contributed by atoms with van der Waals surface area (Å²) in [5.74, 6) is 0.911. The molecule has 29 heavy (non-hydrogen) atoms. The largest absolute Gasteiger partial charge is 0.647 e. The lowest BCUT2D eigenvalue weighted by atomic mass is 10.3. The molecule has 0 aliphatic rings. The van der Waals surface area contributed by atoms with Gasteiger partial charge in [-0.1, -0.05) is 47.8 Å². The summed E-state index contributed by atoms with van der Waals surface area (Å²) in [5.41, 5.74) is 0. The van der Waals surface area contributed by atoms with E-state index in [4.69, 9.17) is 13.6 Å². The number of hydrogen-bond acceptors (Lipinski definition) is 4. The van der Waals surface area contributed by atoms with Gasteiger partial charge in [-0.05, 0) is 102 Å². The molecule has 11 heteroatoms. The molecule has 4 nitrogen and oxygen atoms in total. The molecule has 0 spiro atoms. The first kappa shape index (κ1) is 23.8. The molecule has 0 heterocycles. The van der Waals surface area contributed by atoms with Crippen LogP contribution in [0.15, 0.2) is 81.4 Å². The highest BCUT2D eigenvalue weighted by molar-refractivity contribution is 9.11. The molecule has 0 aliphatic carbocycles. The Morgan fingerprint density at radius 2 is 0.793 bits per heavy atom. The SMILES string of the molecule is O=P(Oc1ccc(Br)cc1Br)(Oc1ccc(Br)cc1Br)Oc1ccc(Br)cc1Br. The predicted molar refractivity (Wildman–Crippen MR) is 135 cm³/mol. The highest BCUT2D eigenvalue weighted by atomic mass is 79.9. The van der Waals surface area contributed by atoms with Crippen LogP contribution in [-0.4, -0.2) is 0 Å². The van der Waals surface area contributed by atoms with Crippen LogP contribution in [0.2, 0.25) is 0 Å². The maximum atomic E-state index is 13.7. The van der Waals surface area contributed by atoms with Crippen LogP contribution in [0.3, 0.4) is 0 Å². The Balaban J connectivity index is 2.00. The molecule has 0 bridgehead atoms. The van der Waals surface area contributed by atoms with Gasteiger partial charge in [0.15, 0.2) is 0 Å². The second-order valence-electron chi connectivity index (χ2n) is 5.45. The molecule has 0 saturated carbocycles. The van der Waals surface area contributed by atoms with Crippen LogP contribution in [0.5, 0.6) is 17.2 Å². The lowest BCUT2D eigenvalue weighted by molar-refractivity contribution is 0.296. The molecule has 0 amide bonds. The van der Waals surface area contributed by atoms with E-state index in [1.54, 1.807) is 54.6 Å². The Labute approximate surface area is 218 Å². The lowest BCUT2D eigenvalue weighted by Crippen LogP contribution is -2.08. The van der Waals surface area contributed by atoms with Gasteiger partial charge < -0.3 is 13.6 Å². The molecule has 0 radical (unpaired) electrons. The van der Waals surface area contributed by atoms with Crippen LogP contribution in [0.4, 0.5) is 0 Å². The van der Waals surface area contributed by atoms with Gasteiger partial charge in [-0.3, -0.25) is 0 Å². The summed E-state index contributed by atoms with van der Waals surface area (Å²) in [4.78, 5) is 0. The average Bonchev–Trinajstić information content (AvgIpc) is 2.63. The fraction of sp³-hybridized carbons (Fsp3) is 0. The van der Waals surface area contributed by atoms with Gasteiger partial charge in [-0.2, -0.15) is 4.57 Å². The quantitative estimate of drug-likeness (QED) is 0.233. The van der Waals surface area contributed by atoms with Crippen LogP contribution >= 0.6 is 103 Å². The zero-order valence-corrected chi connectivity index (χ0v) is 24.5. The summed E-state index contributed by atoms with van der Waals surface area (Å²) in [5, 5.41) is 0. The molecule has 3 rings (SSSR count). The summed E-state index contributed by atoms with van der Waals surface area (Å²) in [6.45, 7) is 0. The Hall–Kier alpha value is 0.170. The summed E-state index contributed by atoms with van der Waals surface area (Å²) >= 11 is 20.3. The highest BCUT2D eigenvalue weighted by Crippen LogP contribution is 2.53. The van der Waals surface area contributed by atoms with Gasteiger partial charge in [0.25, 0.3) is 0 Å². The van der Waals surface area contributed by atoms with Gasteiger partial charge >= 0.3 is 7.82 Å². The van der Waals surface area contributed by atoms with E-state index in [2.05, 4.69) is 95.6 Å². The molecule has 0 aliphatic heterocycles. The van der Waals surface area contributed by atoms with Gasteiger partial charge in [-0.25, -0.2) is 0 Å². The number of halogens is 6. The molecule has 0 atom stereocenters. The molecule has 0 saturated heterocycles. The van der Waals surface area contributed by atoms with Crippen molar-refractivity contribution in [1.29, 1.82) is 0 Å². The Kier molecular flexibility index (Phi) is 8.37. The number of rotatable bonds is 6. The van der Waals surface area contributed by atoms with Crippen LogP contribution in [-0.2, 0) is 4.57 Å². The maximum absolute atomic E-state index is 13.7. The van der Waals surface area contributed by atoms with Crippen molar-refractivity contribution in [2.24, 2.45) is 0 Å². The first-order valence-electron chi connectivity index (χ1n) is 7.69. The Bertz CT molecular complexity index is 971. The zero-order chi connectivity index (χ0) is 21.2. The molecule has 3 aromatic rings. The number of hydrogen-bond donors (Lipinski definition) is 0. The molecular weight excluding hydrogens is 791 g/mol. The van der Waals surface area contributed by atoms with Crippen molar-refractivity contribution in [3.05, 3.63) is 81.4 Å². The van der Waals surface area contributed by atoms with E-state index in [1.807, 2.05) is 0 Å². The van der Waals surface area contributed by atoms with E-state index in [0.29, 0.717) is 30.7 Å². The molecule has 0 unspecified atom stereocenters. The first-order chi connectivity index (χ1) is 13.6. The van der Waals surface area contributed by atoms with E-state index in [0.717, 1.165) is 13.4 Å². The van der Waals surface area contributed by atoms with Crippen molar-refractivity contribution >= 4 is 103 Å². The van der Waals surface area contributed by atoms with Crippen LogP contribution in [0, 0.1) is 0 Å². The minimum Gasteiger partial charge on any atom is -0.385 e. The predicted octanol–water partition coefficient (Wildman–Crippen LogP) is 9.91. The second kappa shape index (κ2) is 10.2. The maximum Gasteiger partial charge on any atom is 0.647 e. The molecule has 3 aromatic carbocycles. The van der Waals surface area contributed by atoms with Gasteiger partial charge in [0.1, 0.15) is 17.2 Å². The summed E-state index contributed by atoms with van der Waals surface area (Å²) in [6.07, 6.45) is 0. The fourth-order valence-electron chi connectivity index (χ4n) is 2.06. The summed E-state index contributed by atoms with van der Waals surface area (Å²) in [6, 6.07) is 15.5. The van der Waals surface area contributed by atoms with Crippen molar-refractivity contribution in [2.75, 3.05) is 0 Å². The molecule has 0 aromatic heterocycles. The van der Waals surface area contributed by atoms with E-state index in [-0.39, 0.29) is 0 Å². The van der Waals surface area contributed by atoms with E-state index in [1.165, 1.54) is 0 Å². The van der Waals surface area contributed by atoms with Crippen molar-refractivity contribution in [1.82, 2.24) is 0 Å². The van der Waals surface area contributed by atoms with Crippen molar-refractivity contribution < 1.29 is 18.1 Å². The molecular formula is C18H9Br6O4P. The van der Waals surface area contributed by atoms with Crippen LogP contribution in [0.1, 0.15) is 0 Å². The molecule has 0 N–H and O–H groups in total. The minimum absolute atomic E-state index is 0.304. The summed E-state index contributed by atoms with van der Waals surface area (Å²) in [7, 11) is -4.15. The zero-order valence-electron chi connectivity index (χ0n) is 14.0. The third-order valence-electron chi connectivity index (χ3n) is 3.31. The van der Waals surface area contributed by atoms with Crippen LogP contribution in [0.25, 0.3) is 0 Å². The monoisotopic (exact) mass is 794 g/mol. The van der Waals surface area contributed by atoms with Gasteiger partial charge in [0.05, 0.1) is 13.4 Å². The topological polar surface area (TPSA) is 44.8 Å². The third-order valence-corrected chi connectivity index (χ3v) is 7.91. The fourth-order valence-corrected chi connectivity index (χ4v) is 7.14. The third kappa shape index (κ3) is 6.57.